The molecule has 3 aromatic rings. The second kappa shape index (κ2) is 10.1. The van der Waals surface area contributed by atoms with E-state index in [2.05, 4.69) is 24.4 Å². The number of ether oxygens (including phenoxy) is 1. The predicted molar refractivity (Wildman–Crippen MR) is 131 cm³/mol. The molecular formula is C26H30N2O4S. The highest BCUT2D eigenvalue weighted by Gasteiger charge is 2.27. The molecule has 1 N–H and O–H groups in total. The van der Waals surface area contributed by atoms with Crippen LogP contribution in [0.2, 0.25) is 0 Å². The molecule has 0 heterocycles. The molecule has 3 rings (SSSR count). The molecule has 7 heteroatoms. The van der Waals surface area contributed by atoms with Crippen LogP contribution < -0.4 is 14.4 Å². The van der Waals surface area contributed by atoms with Gasteiger partial charge < -0.3 is 10.1 Å². The molecule has 0 aliphatic carbocycles. The third-order valence-electron chi connectivity index (χ3n) is 5.71. The molecule has 0 aliphatic heterocycles. The van der Waals surface area contributed by atoms with Crippen LogP contribution in [-0.2, 0) is 14.8 Å². The van der Waals surface area contributed by atoms with Gasteiger partial charge in [0.2, 0.25) is 5.91 Å². The third-order valence-corrected chi connectivity index (χ3v) is 7.49. The number of hydrogen-bond acceptors (Lipinski definition) is 4. The molecule has 1 amide bonds. The molecule has 1 atom stereocenters. The van der Waals surface area contributed by atoms with E-state index in [1.165, 1.54) is 24.8 Å². The van der Waals surface area contributed by atoms with E-state index in [-0.39, 0.29) is 17.5 Å². The Balaban J connectivity index is 1.89. The summed E-state index contributed by atoms with van der Waals surface area (Å²) in [4.78, 5) is 13.2. The molecule has 0 unspecified atom stereocenters. The van der Waals surface area contributed by atoms with Crippen molar-refractivity contribution < 1.29 is 17.9 Å². The highest BCUT2D eigenvalue weighted by atomic mass is 32.2. The van der Waals surface area contributed by atoms with Crippen LogP contribution in [0.25, 0.3) is 0 Å². The maximum Gasteiger partial charge on any atom is 0.264 e. The Morgan fingerprint density at radius 3 is 2.15 bits per heavy atom. The number of sulfonamides is 1. The molecule has 0 fully saturated rings. The molecule has 0 aliphatic rings. The van der Waals surface area contributed by atoms with Crippen molar-refractivity contribution in [3.05, 3.63) is 89.0 Å². The number of rotatable bonds is 8. The van der Waals surface area contributed by atoms with Crippen LogP contribution in [0.15, 0.2) is 71.6 Å². The minimum Gasteiger partial charge on any atom is -0.497 e. The Bertz CT molecular complexity index is 1220. The van der Waals surface area contributed by atoms with E-state index in [1.54, 1.807) is 42.5 Å². The fourth-order valence-electron chi connectivity index (χ4n) is 3.73. The Hall–Kier alpha value is -3.32. The van der Waals surface area contributed by atoms with Crippen molar-refractivity contribution in [1.29, 1.82) is 0 Å². The molecule has 0 aromatic heterocycles. The Labute approximate surface area is 196 Å². The molecule has 33 heavy (non-hydrogen) atoms. The summed E-state index contributed by atoms with van der Waals surface area (Å²) in [5, 5.41) is 2.96. The van der Waals surface area contributed by atoms with Gasteiger partial charge >= 0.3 is 0 Å². The minimum atomic E-state index is -3.96. The summed E-state index contributed by atoms with van der Waals surface area (Å²) in [6.45, 7) is 7.64. The SMILES string of the molecule is COc1ccc(N(CC(=O)N[C@H](C)c2cc(C)c(C)cc2C)S(=O)(=O)c2ccccc2)cc1. The minimum absolute atomic E-state index is 0.117. The van der Waals surface area contributed by atoms with Gasteiger partial charge in [0, 0.05) is 0 Å². The summed E-state index contributed by atoms with van der Waals surface area (Å²) >= 11 is 0. The number of hydrogen-bond donors (Lipinski definition) is 1. The number of amides is 1. The first-order chi connectivity index (χ1) is 15.6. The van der Waals surface area contributed by atoms with Gasteiger partial charge in [0.15, 0.2) is 0 Å². The van der Waals surface area contributed by atoms with Crippen LogP contribution in [0, 0.1) is 20.8 Å². The van der Waals surface area contributed by atoms with Gasteiger partial charge in [-0.15, -0.1) is 0 Å². The van der Waals surface area contributed by atoms with E-state index in [1.807, 2.05) is 20.8 Å². The van der Waals surface area contributed by atoms with Crippen molar-refractivity contribution in [2.24, 2.45) is 0 Å². The number of carbonyl (C=O) groups is 1. The lowest BCUT2D eigenvalue weighted by molar-refractivity contribution is -0.120. The Morgan fingerprint density at radius 2 is 1.55 bits per heavy atom. The van der Waals surface area contributed by atoms with Crippen LogP contribution in [0.5, 0.6) is 5.75 Å². The van der Waals surface area contributed by atoms with E-state index in [0.29, 0.717) is 11.4 Å². The van der Waals surface area contributed by atoms with E-state index >= 15 is 0 Å². The second-order valence-corrected chi connectivity index (χ2v) is 9.97. The van der Waals surface area contributed by atoms with Crippen LogP contribution in [0.1, 0.15) is 35.2 Å². The van der Waals surface area contributed by atoms with Gasteiger partial charge in [0.1, 0.15) is 12.3 Å². The summed E-state index contributed by atoms with van der Waals surface area (Å²) in [7, 11) is -2.42. The normalized spacial score (nSPS) is 12.2. The van der Waals surface area contributed by atoms with Crippen molar-refractivity contribution in [3.63, 3.8) is 0 Å². The summed E-state index contributed by atoms with van der Waals surface area (Å²) < 4.78 is 33.2. The molecule has 0 saturated heterocycles. The fourth-order valence-corrected chi connectivity index (χ4v) is 5.17. The lowest BCUT2D eigenvalue weighted by Gasteiger charge is -2.25. The number of nitrogens with one attached hydrogen (secondary N) is 1. The first-order valence-corrected chi connectivity index (χ1v) is 12.2. The average Bonchev–Trinajstić information content (AvgIpc) is 2.80. The van der Waals surface area contributed by atoms with Gasteiger partial charge in [-0.1, -0.05) is 30.3 Å². The average molecular weight is 467 g/mol. The summed E-state index contributed by atoms with van der Waals surface area (Å²) in [5.74, 6) is 0.203. The smallest absolute Gasteiger partial charge is 0.264 e. The molecule has 174 valence electrons. The number of anilines is 1. The lowest BCUT2D eigenvalue weighted by atomic mass is 9.96. The van der Waals surface area contributed by atoms with Crippen LogP contribution in [0.4, 0.5) is 5.69 Å². The molecule has 3 aromatic carbocycles. The fraction of sp³-hybridized carbons (Fsp3) is 0.269. The van der Waals surface area contributed by atoms with Gasteiger partial charge in [0.25, 0.3) is 10.0 Å². The molecule has 0 spiro atoms. The Morgan fingerprint density at radius 1 is 0.939 bits per heavy atom. The van der Waals surface area contributed by atoms with Crippen molar-refractivity contribution in [2.75, 3.05) is 18.0 Å². The van der Waals surface area contributed by atoms with Gasteiger partial charge in [-0.25, -0.2) is 8.42 Å². The predicted octanol–water partition coefficient (Wildman–Crippen LogP) is 4.69. The van der Waals surface area contributed by atoms with E-state index in [4.69, 9.17) is 4.74 Å². The topological polar surface area (TPSA) is 75.7 Å². The number of aryl methyl sites for hydroxylation is 3. The standard InChI is InChI=1S/C26H30N2O4S/c1-18-15-20(3)25(16-19(18)2)21(4)27-26(29)17-28(22-11-13-23(32-5)14-12-22)33(30,31)24-9-7-6-8-10-24/h6-16,21H,17H2,1-5H3,(H,27,29)/t21-/m1/s1. The van der Waals surface area contributed by atoms with E-state index in [9.17, 15) is 13.2 Å². The van der Waals surface area contributed by atoms with Gasteiger partial charge in [0.05, 0.1) is 23.7 Å². The quantitative estimate of drug-likeness (QED) is 0.522. The molecule has 0 radical (unpaired) electrons. The number of benzene rings is 3. The van der Waals surface area contributed by atoms with E-state index < -0.39 is 15.9 Å². The van der Waals surface area contributed by atoms with Crippen molar-refractivity contribution in [2.45, 2.75) is 38.6 Å². The molecular weight excluding hydrogens is 436 g/mol. The zero-order chi connectivity index (χ0) is 24.2. The van der Waals surface area contributed by atoms with Gasteiger partial charge in [-0.3, -0.25) is 9.10 Å². The summed E-state index contributed by atoms with van der Waals surface area (Å²) in [5.41, 5.74) is 4.80. The summed E-state index contributed by atoms with van der Waals surface area (Å²) in [6, 6.07) is 18.6. The van der Waals surface area contributed by atoms with Gasteiger partial charge in [-0.2, -0.15) is 0 Å². The number of nitrogens with zero attached hydrogens (tertiary/aromatic N) is 1. The van der Waals surface area contributed by atoms with Crippen LogP contribution >= 0.6 is 0 Å². The highest BCUT2D eigenvalue weighted by molar-refractivity contribution is 7.92. The summed E-state index contributed by atoms with van der Waals surface area (Å²) in [6.07, 6.45) is 0. The molecule has 0 bridgehead atoms. The number of carbonyl (C=O) groups excluding carboxylic acids is 1. The largest absolute Gasteiger partial charge is 0.497 e. The first kappa shape index (κ1) is 24.3. The highest BCUT2D eigenvalue weighted by Crippen LogP contribution is 2.26. The van der Waals surface area contributed by atoms with Crippen molar-refractivity contribution in [3.8, 4) is 5.75 Å². The monoisotopic (exact) mass is 466 g/mol. The zero-order valence-corrected chi connectivity index (χ0v) is 20.4. The lowest BCUT2D eigenvalue weighted by Crippen LogP contribution is -2.41. The maximum absolute atomic E-state index is 13.4. The van der Waals surface area contributed by atoms with Crippen LogP contribution in [-0.4, -0.2) is 28.0 Å². The van der Waals surface area contributed by atoms with Crippen LogP contribution in [0.3, 0.4) is 0 Å². The zero-order valence-electron chi connectivity index (χ0n) is 19.6. The number of methoxy groups -OCH3 is 1. The molecule has 0 saturated carbocycles. The van der Waals surface area contributed by atoms with Gasteiger partial charge in [-0.05, 0) is 86.3 Å². The maximum atomic E-state index is 13.4. The second-order valence-electron chi connectivity index (χ2n) is 8.11. The van der Waals surface area contributed by atoms with Crippen molar-refractivity contribution >= 4 is 21.6 Å². The van der Waals surface area contributed by atoms with E-state index in [0.717, 1.165) is 21.0 Å². The van der Waals surface area contributed by atoms with Crippen molar-refractivity contribution in [1.82, 2.24) is 5.32 Å². The Kier molecular flexibility index (Phi) is 7.43. The molecule has 6 nitrogen and oxygen atoms in total. The third kappa shape index (κ3) is 5.54. The first-order valence-electron chi connectivity index (χ1n) is 10.7.